The molecule has 2 rings (SSSR count). The highest BCUT2D eigenvalue weighted by molar-refractivity contribution is 7.80. The van der Waals surface area contributed by atoms with Crippen molar-refractivity contribution in [3.8, 4) is 0 Å². The molecule has 1 aliphatic rings. The molecule has 1 atom stereocenters. The number of rotatable bonds is 4. The topological polar surface area (TPSA) is 32.5 Å². The number of halogens is 2. The number of thiocarbonyl (C=S) groups is 1. The van der Waals surface area contributed by atoms with Gasteiger partial charge in [0.15, 0.2) is 0 Å². The first-order valence-corrected chi connectivity index (χ1v) is 7.84. The number of nitrogens with zero attached hydrogens (tertiary/aromatic N) is 2. The maximum atomic E-state index is 6.21. The Balaban J connectivity index is 1.93. The Kier molecular flexibility index (Phi) is 5.64. The lowest BCUT2D eigenvalue weighted by Gasteiger charge is -2.37. The van der Waals surface area contributed by atoms with Crippen LogP contribution in [-0.2, 0) is 6.54 Å². The molecule has 1 fully saturated rings. The molecule has 0 bridgehead atoms. The summed E-state index contributed by atoms with van der Waals surface area (Å²) in [6, 6.07) is 5.80. The van der Waals surface area contributed by atoms with E-state index in [1.165, 1.54) is 0 Å². The van der Waals surface area contributed by atoms with E-state index in [0.29, 0.717) is 4.99 Å². The third-order valence-corrected chi connectivity index (χ3v) is 4.86. The minimum atomic E-state index is 0.163. The van der Waals surface area contributed by atoms with Crippen molar-refractivity contribution in [2.45, 2.75) is 19.5 Å². The van der Waals surface area contributed by atoms with Crippen LogP contribution in [0, 0.1) is 0 Å². The average Bonchev–Trinajstić information content (AvgIpc) is 2.43. The van der Waals surface area contributed by atoms with Gasteiger partial charge in [-0.25, -0.2) is 0 Å². The Morgan fingerprint density at radius 2 is 1.80 bits per heavy atom. The van der Waals surface area contributed by atoms with Crippen molar-refractivity contribution >= 4 is 40.4 Å². The summed E-state index contributed by atoms with van der Waals surface area (Å²) in [7, 11) is 0. The Morgan fingerprint density at radius 1 is 1.25 bits per heavy atom. The van der Waals surface area contributed by atoms with Crippen LogP contribution in [0.1, 0.15) is 12.5 Å². The van der Waals surface area contributed by atoms with Crippen LogP contribution in [0.15, 0.2) is 18.2 Å². The van der Waals surface area contributed by atoms with Crippen molar-refractivity contribution in [2.24, 2.45) is 5.73 Å². The van der Waals surface area contributed by atoms with E-state index in [9.17, 15) is 0 Å². The molecule has 1 aromatic carbocycles. The lowest BCUT2D eigenvalue weighted by Crippen LogP contribution is -2.52. The number of benzene rings is 1. The summed E-state index contributed by atoms with van der Waals surface area (Å²) in [5.74, 6) is 0. The van der Waals surface area contributed by atoms with E-state index in [2.05, 4.69) is 16.7 Å². The van der Waals surface area contributed by atoms with Crippen LogP contribution in [0.4, 0.5) is 0 Å². The smallest absolute Gasteiger partial charge is 0.0899 e. The first-order chi connectivity index (χ1) is 9.49. The third-order valence-electron chi connectivity index (χ3n) is 3.81. The van der Waals surface area contributed by atoms with Gasteiger partial charge in [0.2, 0.25) is 0 Å². The molecule has 110 valence electrons. The molecule has 1 unspecified atom stereocenters. The second kappa shape index (κ2) is 7.05. The van der Waals surface area contributed by atoms with E-state index in [1.54, 1.807) is 0 Å². The number of piperazine rings is 1. The van der Waals surface area contributed by atoms with E-state index in [-0.39, 0.29) is 6.04 Å². The molecule has 1 aromatic rings. The molecular weight excluding hydrogens is 313 g/mol. The molecular formula is C14H19Cl2N3S. The van der Waals surface area contributed by atoms with Crippen molar-refractivity contribution in [3.05, 3.63) is 33.8 Å². The van der Waals surface area contributed by atoms with E-state index < -0.39 is 0 Å². The van der Waals surface area contributed by atoms with Crippen LogP contribution < -0.4 is 5.73 Å². The van der Waals surface area contributed by atoms with Crippen LogP contribution in [0.3, 0.4) is 0 Å². The highest BCUT2D eigenvalue weighted by Crippen LogP contribution is 2.26. The van der Waals surface area contributed by atoms with Crippen molar-refractivity contribution in [2.75, 3.05) is 26.2 Å². The van der Waals surface area contributed by atoms with Gasteiger partial charge in [-0.3, -0.25) is 9.80 Å². The maximum Gasteiger partial charge on any atom is 0.0899 e. The van der Waals surface area contributed by atoms with E-state index in [4.69, 9.17) is 41.2 Å². The minimum absolute atomic E-state index is 0.163. The molecule has 3 nitrogen and oxygen atoms in total. The second-order valence-corrected chi connectivity index (χ2v) is 6.38. The molecule has 1 heterocycles. The SMILES string of the molecule is CC(C(N)=S)N1CCN(Cc2c(Cl)cccc2Cl)CC1. The zero-order valence-electron chi connectivity index (χ0n) is 11.5. The zero-order valence-corrected chi connectivity index (χ0v) is 13.8. The maximum absolute atomic E-state index is 6.21. The number of hydrogen-bond donors (Lipinski definition) is 1. The van der Waals surface area contributed by atoms with Gasteiger partial charge in [-0.05, 0) is 19.1 Å². The van der Waals surface area contributed by atoms with E-state index >= 15 is 0 Å². The van der Waals surface area contributed by atoms with E-state index in [0.717, 1.165) is 48.3 Å². The van der Waals surface area contributed by atoms with Gasteiger partial charge in [-0.1, -0.05) is 41.5 Å². The van der Waals surface area contributed by atoms with Gasteiger partial charge >= 0.3 is 0 Å². The highest BCUT2D eigenvalue weighted by atomic mass is 35.5. The number of hydrogen-bond acceptors (Lipinski definition) is 3. The lowest BCUT2D eigenvalue weighted by molar-refractivity contribution is 0.118. The van der Waals surface area contributed by atoms with E-state index in [1.807, 2.05) is 18.2 Å². The van der Waals surface area contributed by atoms with Crippen molar-refractivity contribution in [3.63, 3.8) is 0 Å². The molecule has 1 saturated heterocycles. The summed E-state index contributed by atoms with van der Waals surface area (Å²) in [4.78, 5) is 5.23. The highest BCUT2D eigenvalue weighted by Gasteiger charge is 2.23. The van der Waals surface area contributed by atoms with Crippen LogP contribution in [0.25, 0.3) is 0 Å². The summed E-state index contributed by atoms with van der Waals surface area (Å²) in [6.07, 6.45) is 0. The standard InChI is InChI=1S/C14H19Cl2N3S/c1-10(14(17)20)19-7-5-18(6-8-19)9-11-12(15)3-2-4-13(11)16/h2-4,10H,5-9H2,1H3,(H2,17,20). The minimum Gasteiger partial charge on any atom is -0.392 e. The quantitative estimate of drug-likeness (QED) is 0.860. The fourth-order valence-corrected chi connectivity index (χ4v) is 3.06. The summed E-state index contributed by atoms with van der Waals surface area (Å²) in [5.41, 5.74) is 6.71. The van der Waals surface area contributed by atoms with Gasteiger partial charge in [0.05, 0.1) is 11.0 Å². The van der Waals surface area contributed by atoms with Crippen molar-refractivity contribution in [1.82, 2.24) is 9.80 Å². The number of nitrogens with two attached hydrogens (primary N) is 1. The first-order valence-electron chi connectivity index (χ1n) is 6.67. The molecule has 0 radical (unpaired) electrons. The fourth-order valence-electron chi connectivity index (χ4n) is 2.40. The van der Waals surface area contributed by atoms with Gasteiger partial charge in [0.25, 0.3) is 0 Å². The Morgan fingerprint density at radius 3 is 2.30 bits per heavy atom. The van der Waals surface area contributed by atoms with Crippen molar-refractivity contribution in [1.29, 1.82) is 0 Å². The Hall–Kier alpha value is -0.390. The third kappa shape index (κ3) is 3.83. The lowest BCUT2D eigenvalue weighted by atomic mass is 10.1. The monoisotopic (exact) mass is 331 g/mol. The average molecular weight is 332 g/mol. The molecule has 0 amide bonds. The molecule has 1 aliphatic heterocycles. The van der Waals surface area contributed by atoms with Gasteiger partial charge in [0, 0.05) is 48.3 Å². The van der Waals surface area contributed by atoms with Gasteiger partial charge in [0.1, 0.15) is 0 Å². The zero-order chi connectivity index (χ0) is 14.7. The summed E-state index contributed by atoms with van der Waals surface area (Å²) in [6.45, 7) is 6.70. The molecule has 2 N–H and O–H groups in total. The summed E-state index contributed by atoms with van der Waals surface area (Å²) >= 11 is 17.5. The summed E-state index contributed by atoms with van der Waals surface area (Å²) in [5, 5.41) is 1.47. The Bertz CT molecular complexity index is 467. The van der Waals surface area contributed by atoms with Crippen molar-refractivity contribution < 1.29 is 0 Å². The van der Waals surface area contributed by atoms with Gasteiger partial charge in [-0.15, -0.1) is 0 Å². The molecule has 0 aromatic heterocycles. The van der Waals surface area contributed by atoms with Gasteiger partial charge < -0.3 is 5.73 Å². The van der Waals surface area contributed by atoms with Gasteiger partial charge in [-0.2, -0.15) is 0 Å². The fraction of sp³-hybridized carbons (Fsp3) is 0.500. The molecule has 0 spiro atoms. The summed E-state index contributed by atoms with van der Waals surface area (Å²) < 4.78 is 0. The molecule has 0 aliphatic carbocycles. The Labute approximate surface area is 135 Å². The molecule has 0 saturated carbocycles. The van der Waals surface area contributed by atoms with Crippen LogP contribution in [-0.4, -0.2) is 47.0 Å². The largest absolute Gasteiger partial charge is 0.392 e. The molecule has 20 heavy (non-hydrogen) atoms. The first kappa shape index (κ1) is 16.0. The van der Waals surface area contributed by atoms with Crippen LogP contribution >= 0.6 is 35.4 Å². The predicted octanol–water partition coefficient (Wildman–Crippen LogP) is 2.79. The second-order valence-electron chi connectivity index (χ2n) is 5.09. The van der Waals surface area contributed by atoms with Crippen LogP contribution in [0.2, 0.25) is 10.0 Å². The predicted molar refractivity (Wildman–Crippen MR) is 89.6 cm³/mol. The molecule has 6 heteroatoms. The van der Waals surface area contributed by atoms with Crippen LogP contribution in [0.5, 0.6) is 0 Å². The normalized spacial score (nSPS) is 18.9.